The molecule has 0 saturated carbocycles. The monoisotopic (exact) mass is 358 g/mol. The normalized spacial score (nSPS) is 11.0. The number of nitrogens with zero attached hydrogens (tertiary/aromatic N) is 1. The number of hydrogen-bond acceptors (Lipinski definition) is 4. The van der Waals surface area contributed by atoms with Crippen molar-refractivity contribution in [3.8, 4) is 0 Å². The molecule has 0 atom stereocenters. The molecular formula is C14H13F3N4O2S. The van der Waals surface area contributed by atoms with Gasteiger partial charge in [0.1, 0.15) is 5.69 Å². The molecule has 3 amide bonds. The summed E-state index contributed by atoms with van der Waals surface area (Å²) in [6.07, 6.45) is -4.59. The van der Waals surface area contributed by atoms with Gasteiger partial charge in [0.25, 0.3) is 5.91 Å². The number of para-hydroxylation sites is 1. The molecule has 0 bridgehead atoms. The number of rotatable bonds is 4. The molecule has 24 heavy (non-hydrogen) atoms. The van der Waals surface area contributed by atoms with Crippen LogP contribution in [0, 0.1) is 0 Å². The van der Waals surface area contributed by atoms with E-state index in [9.17, 15) is 22.8 Å². The number of amides is 3. The van der Waals surface area contributed by atoms with Crippen molar-refractivity contribution < 1.29 is 22.8 Å². The Morgan fingerprint density at radius 1 is 1.21 bits per heavy atom. The molecule has 10 heteroatoms. The Morgan fingerprint density at radius 2 is 1.92 bits per heavy atom. The van der Waals surface area contributed by atoms with Crippen LogP contribution in [-0.2, 0) is 6.18 Å². The lowest BCUT2D eigenvalue weighted by Gasteiger charge is -2.13. The third-order valence-corrected chi connectivity index (χ3v) is 3.53. The number of carbonyl (C=O) groups is 2. The molecule has 1 aromatic carbocycles. The highest BCUT2D eigenvalue weighted by atomic mass is 32.1. The van der Waals surface area contributed by atoms with Crippen molar-refractivity contribution in [2.75, 3.05) is 17.2 Å². The molecule has 6 nitrogen and oxygen atoms in total. The third kappa shape index (κ3) is 4.44. The fraction of sp³-hybridized carbons (Fsp3) is 0.214. The summed E-state index contributed by atoms with van der Waals surface area (Å²) in [6.45, 7) is 2.17. The highest BCUT2D eigenvalue weighted by Gasteiger charge is 2.33. The Morgan fingerprint density at radius 3 is 2.58 bits per heavy atom. The fourth-order valence-corrected chi connectivity index (χ4v) is 2.46. The van der Waals surface area contributed by atoms with Crippen LogP contribution in [0.4, 0.5) is 28.8 Å². The van der Waals surface area contributed by atoms with Crippen LogP contribution in [0.1, 0.15) is 23.0 Å². The van der Waals surface area contributed by atoms with Crippen molar-refractivity contribution in [3.05, 3.63) is 40.9 Å². The Bertz CT molecular complexity index is 746. The first-order valence-corrected chi connectivity index (χ1v) is 7.67. The molecule has 2 aromatic rings. The Kier molecular flexibility index (Phi) is 5.39. The number of anilines is 2. The first-order chi connectivity index (χ1) is 11.3. The molecule has 0 fully saturated rings. The number of aromatic nitrogens is 1. The number of urea groups is 1. The minimum Gasteiger partial charge on any atom is -0.351 e. The maximum absolute atomic E-state index is 12.9. The number of halogens is 3. The summed E-state index contributed by atoms with van der Waals surface area (Å²) in [5.41, 5.74) is -1.21. The minimum absolute atomic E-state index is 0.0956. The van der Waals surface area contributed by atoms with Crippen LogP contribution in [0.2, 0.25) is 0 Å². The van der Waals surface area contributed by atoms with E-state index >= 15 is 0 Å². The minimum atomic E-state index is -4.59. The van der Waals surface area contributed by atoms with E-state index < -0.39 is 23.7 Å². The summed E-state index contributed by atoms with van der Waals surface area (Å²) in [4.78, 5) is 27.3. The van der Waals surface area contributed by atoms with E-state index in [0.29, 0.717) is 6.54 Å². The largest absolute Gasteiger partial charge is 0.418 e. The lowest BCUT2D eigenvalue weighted by Crippen LogP contribution is -2.24. The smallest absolute Gasteiger partial charge is 0.351 e. The van der Waals surface area contributed by atoms with Crippen LogP contribution in [0.5, 0.6) is 0 Å². The third-order valence-electron chi connectivity index (χ3n) is 2.78. The SMILES string of the molecule is CCNC(=O)c1csc(NC(=O)Nc2ccccc2C(F)(F)F)n1. The topological polar surface area (TPSA) is 83.1 Å². The van der Waals surface area contributed by atoms with Crippen molar-refractivity contribution in [1.82, 2.24) is 10.3 Å². The van der Waals surface area contributed by atoms with Crippen LogP contribution < -0.4 is 16.0 Å². The van der Waals surface area contributed by atoms with Crippen molar-refractivity contribution in [2.45, 2.75) is 13.1 Å². The number of alkyl halides is 3. The number of hydrogen-bond donors (Lipinski definition) is 3. The zero-order valence-electron chi connectivity index (χ0n) is 12.4. The molecule has 0 spiro atoms. The molecule has 0 radical (unpaired) electrons. The van der Waals surface area contributed by atoms with Crippen LogP contribution in [0.25, 0.3) is 0 Å². The van der Waals surface area contributed by atoms with E-state index in [1.54, 1.807) is 6.92 Å². The highest BCUT2D eigenvalue weighted by molar-refractivity contribution is 7.14. The summed E-state index contributed by atoms with van der Waals surface area (Å²) in [5, 5.41) is 8.50. The molecule has 1 heterocycles. The summed E-state index contributed by atoms with van der Waals surface area (Å²) in [5.74, 6) is -0.398. The summed E-state index contributed by atoms with van der Waals surface area (Å²) in [7, 11) is 0. The molecule has 0 aliphatic rings. The zero-order chi connectivity index (χ0) is 17.7. The van der Waals surface area contributed by atoms with Gasteiger partial charge in [0.05, 0.1) is 11.3 Å². The van der Waals surface area contributed by atoms with Crippen molar-refractivity contribution in [3.63, 3.8) is 0 Å². The van der Waals surface area contributed by atoms with Crippen molar-refractivity contribution >= 4 is 34.1 Å². The predicted molar refractivity (Wildman–Crippen MR) is 84.2 cm³/mol. The molecule has 3 N–H and O–H groups in total. The van der Waals surface area contributed by atoms with E-state index in [1.165, 1.54) is 17.5 Å². The van der Waals surface area contributed by atoms with E-state index in [4.69, 9.17) is 0 Å². The fourth-order valence-electron chi connectivity index (χ4n) is 1.78. The first kappa shape index (κ1) is 17.7. The number of carbonyl (C=O) groups excluding carboxylic acids is 2. The van der Waals surface area contributed by atoms with Crippen molar-refractivity contribution in [1.29, 1.82) is 0 Å². The average molecular weight is 358 g/mol. The molecule has 0 aliphatic carbocycles. The Labute approximate surface area is 139 Å². The lowest BCUT2D eigenvalue weighted by molar-refractivity contribution is -0.136. The van der Waals surface area contributed by atoms with E-state index in [1.807, 2.05) is 0 Å². The zero-order valence-corrected chi connectivity index (χ0v) is 13.2. The lowest BCUT2D eigenvalue weighted by atomic mass is 10.1. The quantitative estimate of drug-likeness (QED) is 0.781. The van der Waals surface area contributed by atoms with E-state index in [0.717, 1.165) is 23.5 Å². The van der Waals surface area contributed by atoms with E-state index in [2.05, 4.69) is 20.9 Å². The molecule has 1 aromatic heterocycles. The van der Waals surface area contributed by atoms with Gasteiger partial charge in [0.15, 0.2) is 5.13 Å². The van der Waals surface area contributed by atoms with Gasteiger partial charge in [-0.2, -0.15) is 13.2 Å². The molecule has 0 unspecified atom stereocenters. The van der Waals surface area contributed by atoms with Gasteiger partial charge >= 0.3 is 12.2 Å². The Hall–Kier alpha value is -2.62. The predicted octanol–water partition coefficient (Wildman–Crippen LogP) is 3.56. The molecule has 128 valence electrons. The van der Waals surface area contributed by atoms with Crippen LogP contribution >= 0.6 is 11.3 Å². The van der Waals surface area contributed by atoms with Crippen molar-refractivity contribution in [2.24, 2.45) is 0 Å². The number of nitrogens with one attached hydrogen (secondary N) is 3. The van der Waals surface area contributed by atoms with Crippen LogP contribution in [0.15, 0.2) is 29.6 Å². The summed E-state index contributed by atoms with van der Waals surface area (Å²) in [6, 6.07) is 3.73. The maximum Gasteiger partial charge on any atom is 0.418 e. The second-order valence-electron chi connectivity index (χ2n) is 4.52. The first-order valence-electron chi connectivity index (χ1n) is 6.79. The highest BCUT2D eigenvalue weighted by Crippen LogP contribution is 2.34. The van der Waals surface area contributed by atoms with Gasteiger partial charge in [-0.05, 0) is 19.1 Å². The standard InChI is InChI=1S/C14H13F3N4O2S/c1-2-18-11(22)10-7-24-13(20-10)21-12(23)19-9-6-4-3-5-8(9)14(15,16)17/h3-7H,2H2,1H3,(H,18,22)(H2,19,20,21,23). The second-order valence-corrected chi connectivity index (χ2v) is 5.38. The van der Waals surface area contributed by atoms with Gasteiger partial charge in [-0.25, -0.2) is 9.78 Å². The molecule has 0 saturated heterocycles. The van der Waals surface area contributed by atoms with Crippen LogP contribution in [0.3, 0.4) is 0 Å². The van der Waals surface area contributed by atoms with Gasteiger partial charge in [0.2, 0.25) is 0 Å². The van der Waals surface area contributed by atoms with E-state index in [-0.39, 0.29) is 16.5 Å². The number of benzene rings is 1. The van der Waals surface area contributed by atoms with Gasteiger partial charge in [0, 0.05) is 11.9 Å². The van der Waals surface area contributed by atoms with Gasteiger partial charge < -0.3 is 10.6 Å². The second kappa shape index (κ2) is 7.30. The van der Waals surface area contributed by atoms with Gasteiger partial charge in [-0.3, -0.25) is 10.1 Å². The van der Waals surface area contributed by atoms with Gasteiger partial charge in [-0.1, -0.05) is 12.1 Å². The Balaban J connectivity index is 2.06. The molecule has 0 aliphatic heterocycles. The number of thiazole rings is 1. The molecular weight excluding hydrogens is 345 g/mol. The summed E-state index contributed by atoms with van der Waals surface area (Å²) >= 11 is 0.986. The maximum atomic E-state index is 12.9. The average Bonchev–Trinajstić information content (AvgIpc) is 2.95. The molecule has 2 rings (SSSR count). The summed E-state index contributed by atoms with van der Waals surface area (Å²) < 4.78 is 38.6. The van der Waals surface area contributed by atoms with Gasteiger partial charge in [-0.15, -0.1) is 11.3 Å². The van der Waals surface area contributed by atoms with Crippen LogP contribution in [-0.4, -0.2) is 23.5 Å².